The van der Waals surface area contributed by atoms with E-state index in [1.807, 2.05) is 66.7 Å². The van der Waals surface area contributed by atoms with Crippen molar-refractivity contribution < 1.29 is 23.9 Å². The van der Waals surface area contributed by atoms with Crippen molar-refractivity contribution in [3.8, 4) is 11.1 Å². The molecule has 4 aromatic rings. The van der Waals surface area contributed by atoms with Gasteiger partial charge in [-0.25, -0.2) is 4.79 Å². The minimum Gasteiger partial charge on any atom is -0.468 e. The Bertz CT molecular complexity index is 1640. The average molecular weight is 560 g/mol. The zero-order valence-electron chi connectivity index (χ0n) is 23.0. The van der Waals surface area contributed by atoms with Gasteiger partial charge in [0, 0.05) is 17.0 Å². The Morgan fingerprint density at radius 2 is 1.40 bits per heavy atom. The van der Waals surface area contributed by atoms with Gasteiger partial charge in [0.1, 0.15) is 19.2 Å². The summed E-state index contributed by atoms with van der Waals surface area (Å²) in [6, 6.07) is 32.0. The highest BCUT2D eigenvalue weighted by molar-refractivity contribution is 6.20. The molecule has 1 heterocycles. The second kappa shape index (κ2) is 11.7. The summed E-state index contributed by atoms with van der Waals surface area (Å²) in [5, 5.41) is 2.74. The maximum atomic E-state index is 13.8. The van der Waals surface area contributed by atoms with Crippen LogP contribution in [0.2, 0.25) is 0 Å². The van der Waals surface area contributed by atoms with Crippen molar-refractivity contribution in [1.29, 1.82) is 0 Å². The number of hydrogen-bond acceptors (Lipinski definition) is 6. The molecule has 1 unspecified atom stereocenters. The summed E-state index contributed by atoms with van der Waals surface area (Å²) in [6.07, 6.45) is -0.651. The average Bonchev–Trinajstić information content (AvgIpc) is 3.30. The SMILES string of the molecule is COC(=O)CN1C(=O)C(CNC(=O)OCC2c3ccccc3-c3ccccc32)N=C(c2ccccc2)c2ccccc21. The highest BCUT2D eigenvalue weighted by atomic mass is 16.5. The van der Waals surface area contributed by atoms with Crippen molar-refractivity contribution in [3.05, 3.63) is 125 Å². The number of nitrogens with zero attached hydrogens (tertiary/aromatic N) is 2. The minimum atomic E-state index is -1.00. The molecule has 8 heteroatoms. The minimum absolute atomic E-state index is 0.0876. The molecule has 4 aromatic carbocycles. The van der Waals surface area contributed by atoms with Crippen LogP contribution in [0.3, 0.4) is 0 Å². The van der Waals surface area contributed by atoms with Gasteiger partial charge in [-0.05, 0) is 28.3 Å². The lowest BCUT2D eigenvalue weighted by molar-refractivity contribution is -0.140. The first kappa shape index (κ1) is 27.0. The van der Waals surface area contributed by atoms with E-state index in [9.17, 15) is 14.4 Å². The molecule has 1 aliphatic heterocycles. The van der Waals surface area contributed by atoms with Crippen LogP contribution in [0.1, 0.15) is 28.2 Å². The van der Waals surface area contributed by atoms with Gasteiger partial charge in [0.15, 0.2) is 0 Å². The number of esters is 1. The van der Waals surface area contributed by atoms with E-state index < -0.39 is 24.0 Å². The Kier molecular flexibility index (Phi) is 7.51. The zero-order valence-corrected chi connectivity index (χ0v) is 23.0. The van der Waals surface area contributed by atoms with Crippen molar-refractivity contribution in [3.63, 3.8) is 0 Å². The molecule has 2 amide bonds. The van der Waals surface area contributed by atoms with Gasteiger partial charge in [0.05, 0.1) is 25.1 Å². The molecule has 1 aliphatic carbocycles. The number of alkyl carbamates (subject to hydrolysis) is 1. The van der Waals surface area contributed by atoms with Crippen LogP contribution < -0.4 is 10.2 Å². The second-order valence-corrected chi connectivity index (χ2v) is 10.1. The number of aliphatic imine (C=N–C) groups is 1. The highest BCUT2D eigenvalue weighted by Crippen LogP contribution is 2.44. The molecule has 1 N–H and O–H groups in total. The largest absolute Gasteiger partial charge is 0.468 e. The normalized spacial score (nSPS) is 15.5. The molecule has 0 bridgehead atoms. The van der Waals surface area contributed by atoms with E-state index >= 15 is 0 Å². The molecule has 0 spiro atoms. The van der Waals surface area contributed by atoms with Gasteiger partial charge < -0.3 is 14.8 Å². The van der Waals surface area contributed by atoms with Gasteiger partial charge in [-0.1, -0.05) is 97.1 Å². The van der Waals surface area contributed by atoms with Gasteiger partial charge in [0.25, 0.3) is 5.91 Å². The molecule has 2 aliphatic rings. The fourth-order valence-corrected chi connectivity index (χ4v) is 5.63. The van der Waals surface area contributed by atoms with Crippen LogP contribution in [0.5, 0.6) is 0 Å². The number of hydrogen-bond donors (Lipinski definition) is 1. The number of benzene rings is 4. The lowest BCUT2D eigenvalue weighted by atomic mass is 9.98. The van der Waals surface area contributed by atoms with Gasteiger partial charge in [0.2, 0.25) is 0 Å². The third-order valence-electron chi connectivity index (χ3n) is 7.63. The van der Waals surface area contributed by atoms with Gasteiger partial charge in [-0.2, -0.15) is 0 Å². The predicted molar refractivity (Wildman–Crippen MR) is 160 cm³/mol. The summed E-state index contributed by atoms with van der Waals surface area (Å²) in [7, 11) is 1.28. The van der Waals surface area contributed by atoms with E-state index in [1.54, 1.807) is 12.1 Å². The maximum Gasteiger partial charge on any atom is 0.407 e. The number of anilines is 1. The number of fused-ring (bicyclic) bond motifs is 4. The van der Waals surface area contributed by atoms with E-state index in [1.165, 1.54) is 12.0 Å². The van der Waals surface area contributed by atoms with Crippen LogP contribution in [-0.2, 0) is 19.1 Å². The van der Waals surface area contributed by atoms with Gasteiger partial charge in [-0.3, -0.25) is 19.5 Å². The molecule has 6 rings (SSSR count). The smallest absolute Gasteiger partial charge is 0.407 e. The summed E-state index contributed by atoms with van der Waals surface area (Å²) < 4.78 is 10.6. The second-order valence-electron chi connectivity index (χ2n) is 10.1. The lowest BCUT2D eigenvalue weighted by Crippen LogP contribution is -2.46. The summed E-state index contributed by atoms with van der Waals surface area (Å²) in [5.41, 5.74) is 7.13. The molecule has 0 radical (unpaired) electrons. The van der Waals surface area contributed by atoms with Crippen LogP contribution >= 0.6 is 0 Å². The molecule has 0 saturated heterocycles. The Labute approximate surface area is 243 Å². The number of benzodiazepines with no additional fused rings is 1. The molecule has 210 valence electrons. The lowest BCUT2D eigenvalue weighted by Gasteiger charge is -2.24. The number of methoxy groups -OCH3 is 1. The number of carbonyl (C=O) groups is 3. The number of amides is 2. The fraction of sp³-hybridized carbons (Fsp3) is 0.176. The summed E-state index contributed by atoms with van der Waals surface area (Å²) >= 11 is 0. The summed E-state index contributed by atoms with van der Waals surface area (Å²) in [5.74, 6) is -1.09. The number of para-hydroxylation sites is 1. The van der Waals surface area contributed by atoms with Crippen molar-refractivity contribution in [2.24, 2.45) is 4.99 Å². The number of ether oxygens (including phenoxy) is 2. The van der Waals surface area contributed by atoms with E-state index in [-0.39, 0.29) is 25.6 Å². The van der Waals surface area contributed by atoms with E-state index in [0.717, 1.165) is 27.8 Å². The van der Waals surface area contributed by atoms with Crippen molar-refractivity contribution >= 4 is 29.4 Å². The first-order valence-corrected chi connectivity index (χ1v) is 13.7. The number of rotatable bonds is 7. The van der Waals surface area contributed by atoms with Crippen molar-refractivity contribution in [2.75, 3.05) is 31.7 Å². The van der Waals surface area contributed by atoms with E-state index in [0.29, 0.717) is 17.0 Å². The Balaban J connectivity index is 1.23. The number of carbonyl (C=O) groups excluding carboxylic acids is 3. The third-order valence-corrected chi connectivity index (χ3v) is 7.63. The van der Waals surface area contributed by atoms with Crippen molar-refractivity contribution in [1.82, 2.24) is 5.32 Å². The van der Waals surface area contributed by atoms with E-state index in [2.05, 4.69) is 29.6 Å². The van der Waals surface area contributed by atoms with Crippen LogP contribution in [-0.4, -0.2) is 56.5 Å². The number of nitrogens with one attached hydrogen (secondary N) is 1. The van der Waals surface area contributed by atoms with Gasteiger partial charge >= 0.3 is 12.1 Å². The molecule has 0 fully saturated rings. The molecule has 0 saturated carbocycles. The topological polar surface area (TPSA) is 97.3 Å². The van der Waals surface area contributed by atoms with Gasteiger partial charge in [-0.15, -0.1) is 0 Å². The van der Waals surface area contributed by atoms with Crippen LogP contribution in [0.4, 0.5) is 10.5 Å². The highest BCUT2D eigenvalue weighted by Gasteiger charge is 2.34. The third kappa shape index (κ3) is 5.14. The summed E-state index contributed by atoms with van der Waals surface area (Å²) in [6.45, 7) is -0.250. The van der Waals surface area contributed by atoms with E-state index in [4.69, 9.17) is 14.5 Å². The van der Waals surface area contributed by atoms with Crippen molar-refractivity contribution in [2.45, 2.75) is 12.0 Å². The summed E-state index contributed by atoms with van der Waals surface area (Å²) in [4.78, 5) is 45.3. The molecule has 42 heavy (non-hydrogen) atoms. The monoisotopic (exact) mass is 559 g/mol. The van der Waals surface area contributed by atoms with Crippen LogP contribution in [0.25, 0.3) is 11.1 Å². The standard InChI is InChI=1S/C34H29N3O5/c1-41-31(38)20-37-30-18-10-9-17-27(30)32(22-11-3-2-4-12-22)36-29(33(37)39)19-35-34(40)42-21-28-25-15-7-5-13-23(25)24-14-6-8-16-26(24)28/h2-18,28-29H,19-21H2,1H3,(H,35,40). The molecule has 8 nitrogen and oxygen atoms in total. The van der Waals surface area contributed by atoms with Crippen LogP contribution in [0, 0.1) is 0 Å². The Morgan fingerprint density at radius 1 is 0.810 bits per heavy atom. The Morgan fingerprint density at radius 3 is 2.07 bits per heavy atom. The van der Waals surface area contributed by atoms with Crippen LogP contribution in [0.15, 0.2) is 108 Å². The maximum absolute atomic E-state index is 13.8. The Hall–Kier alpha value is -5.24. The first-order valence-electron chi connectivity index (χ1n) is 13.7. The zero-order chi connectivity index (χ0) is 29.1. The quantitative estimate of drug-likeness (QED) is 0.323. The predicted octanol–water partition coefficient (Wildman–Crippen LogP) is 4.95. The first-order chi connectivity index (χ1) is 20.5. The molecular formula is C34H29N3O5. The fourth-order valence-electron chi connectivity index (χ4n) is 5.63. The molecule has 0 aromatic heterocycles. The molecular weight excluding hydrogens is 530 g/mol. The molecule has 1 atom stereocenters.